The number of nitriles is 1. The fraction of sp³-hybridized carbons (Fsp3) is 0.0625. The van der Waals surface area contributed by atoms with Crippen molar-refractivity contribution in [2.24, 2.45) is 11.5 Å². The predicted molar refractivity (Wildman–Crippen MR) is 94.3 cm³/mol. The number of hydrogen-bond donors (Lipinski definition) is 3. The molecule has 2 aromatic rings. The van der Waals surface area contributed by atoms with Gasteiger partial charge in [0.1, 0.15) is 16.8 Å². The molecule has 0 spiro atoms. The predicted octanol–water partition coefficient (Wildman–Crippen LogP) is 2.63. The average molecular weight is 363 g/mol. The molecule has 0 saturated carbocycles. The lowest BCUT2D eigenvalue weighted by Gasteiger charge is -2.00. The Balaban J connectivity index is 0.000000243. The standard InChI is InChI=1S/C9H9N3S.C7H8O3S/c10-6-8(11)9(12)13-7-4-2-1-3-5-7;1-6-4-2-3-5-7(6)11(8,9)10/h1-5H,11-12H2;2-5H,1H3,(H,8,9,10). The van der Waals surface area contributed by atoms with Gasteiger partial charge in [-0.3, -0.25) is 4.55 Å². The second kappa shape index (κ2) is 8.98. The minimum atomic E-state index is -4.03. The van der Waals surface area contributed by atoms with Crippen LogP contribution in [0.5, 0.6) is 0 Å². The summed E-state index contributed by atoms with van der Waals surface area (Å²) in [5.41, 5.74) is 11.5. The molecule has 0 aliphatic rings. The van der Waals surface area contributed by atoms with E-state index in [1.807, 2.05) is 30.3 Å². The number of benzene rings is 2. The van der Waals surface area contributed by atoms with E-state index in [0.717, 1.165) is 4.90 Å². The van der Waals surface area contributed by atoms with E-state index in [0.29, 0.717) is 10.6 Å². The van der Waals surface area contributed by atoms with E-state index in [9.17, 15) is 8.42 Å². The summed E-state index contributed by atoms with van der Waals surface area (Å²) < 4.78 is 29.9. The van der Waals surface area contributed by atoms with E-state index in [2.05, 4.69) is 0 Å². The van der Waals surface area contributed by atoms with Crippen LogP contribution in [0.1, 0.15) is 5.56 Å². The summed E-state index contributed by atoms with van der Waals surface area (Å²) in [6, 6.07) is 17.6. The van der Waals surface area contributed by atoms with E-state index in [1.54, 1.807) is 31.2 Å². The fourth-order valence-electron chi connectivity index (χ4n) is 1.57. The van der Waals surface area contributed by atoms with Crippen LogP contribution in [0, 0.1) is 18.3 Å². The summed E-state index contributed by atoms with van der Waals surface area (Å²) in [5, 5.41) is 8.80. The molecule has 0 heterocycles. The first-order chi connectivity index (χ1) is 11.3. The molecule has 126 valence electrons. The number of rotatable bonds is 3. The van der Waals surface area contributed by atoms with Gasteiger partial charge in [-0.15, -0.1) is 0 Å². The van der Waals surface area contributed by atoms with Crippen molar-refractivity contribution in [3.05, 3.63) is 70.9 Å². The molecule has 0 atom stereocenters. The molecule has 2 rings (SSSR count). The minimum absolute atomic E-state index is 0.0278. The van der Waals surface area contributed by atoms with Gasteiger partial charge in [-0.2, -0.15) is 13.7 Å². The summed E-state index contributed by atoms with van der Waals surface area (Å²) in [6.07, 6.45) is 0. The Morgan fingerprint density at radius 2 is 1.62 bits per heavy atom. The molecular weight excluding hydrogens is 346 g/mol. The zero-order valence-corrected chi connectivity index (χ0v) is 14.5. The van der Waals surface area contributed by atoms with Crippen LogP contribution in [0.3, 0.4) is 0 Å². The molecule has 8 heteroatoms. The van der Waals surface area contributed by atoms with E-state index in [-0.39, 0.29) is 10.6 Å². The summed E-state index contributed by atoms with van der Waals surface area (Å²) in [6.45, 7) is 1.63. The van der Waals surface area contributed by atoms with Crippen LogP contribution < -0.4 is 11.5 Å². The Labute approximate surface area is 145 Å². The minimum Gasteiger partial charge on any atom is -0.391 e. The Morgan fingerprint density at radius 3 is 2.08 bits per heavy atom. The monoisotopic (exact) mass is 363 g/mol. The molecule has 5 N–H and O–H groups in total. The van der Waals surface area contributed by atoms with Crippen molar-refractivity contribution in [2.45, 2.75) is 16.7 Å². The van der Waals surface area contributed by atoms with Crippen LogP contribution in [0.2, 0.25) is 0 Å². The van der Waals surface area contributed by atoms with Gasteiger partial charge >= 0.3 is 0 Å². The van der Waals surface area contributed by atoms with Crippen LogP contribution in [0.4, 0.5) is 0 Å². The molecule has 0 aliphatic heterocycles. The van der Waals surface area contributed by atoms with Gasteiger partial charge in [-0.1, -0.05) is 48.2 Å². The second-order valence-electron chi connectivity index (χ2n) is 4.55. The molecule has 24 heavy (non-hydrogen) atoms. The largest absolute Gasteiger partial charge is 0.391 e. The van der Waals surface area contributed by atoms with E-state index in [1.165, 1.54) is 17.8 Å². The van der Waals surface area contributed by atoms with Crippen LogP contribution in [-0.4, -0.2) is 13.0 Å². The maximum atomic E-state index is 10.6. The number of allylic oxidation sites excluding steroid dienone is 1. The molecular formula is C16H17N3O3S2. The molecule has 6 nitrogen and oxygen atoms in total. The van der Waals surface area contributed by atoms with Crippen LogP contribution in [-0.2, 0) is 10.1 Å². The van der Waals surface area contributed by atoms with Crippen molar-refractivity contribution < 1.29 is 13.0 Å². The number of nitrogens with zero attached hydrogens (tertiary/aromatic N) is 1. The summed E-state index contributed by atoms with van der Waals surface area (Å²) >= 11 is 1.29. The third-order valence-corrected chi connectivity index (χ3v) is 4.69. The molecule has 0 bridgehead atoms. The third-order valence-electron chi connectivity index (χ3n) is 2.73. The summed E-state index contributed by atoms with van der Waals surface area (Å²) in [7, 11) is -4.03. The molecule has 0 fully saturated rings. The van der Waals surface area contributed by atoms with Gasteiger partial charge in [0, 0.05) is 4.90 Å². The van der Waals surface area contributed by atoms with Crippen molar-refractivity contribution in [1.29, 1.82) is 5.26 Å². The van der Waals surface area contributed by atoms with Crippen molar-refractivity contribution >= 4 is 21.9 Å². The van der Waals surface area contributed by atoms with Crippen LogP contribution >= 0.6 is 11.8 Å². The van der Waals surface area contributed by atoms with E-state index < -0.39 is 10.1 Å². The highest BCUT2D eigenvalue weighted by Gasteiger charge is 2.10. The van der Waals surface area contributed by atoms with Crippen LogP contribution in [0.25, 0.3) is 0 Å². The van der Waals surface area contributed by atoms with Gasteiger partial charge in [-0.05, 0) is 30.7 Å². The zero-order valence-electron chi connectivity index (χ0n) is 12.9. The van der Waals surface area contributed by atoms with Crippen molar-refractivity contribution in [1.82, 2.24) is 0 Å². The van der Waals surface area contributed by atoms with Crippen LogP contribution in [0.15, 0.2) is 75.1 Å². The van der Waals surface area contributed by atoms with Gasteiger partial charge in [0.05, 0.1) is 4.90 Å². The lowest BCUT2D eigenvalue weighted by molar-refractivity contribution is 0.482. The smallest absolute Gasteiger partial charge is 0.294 e. The lowest BCUT2D eigenvalue weighted by atomic mass is 10.2. The summed E-state index contributed by atoms with van der Waals surface area (Å²) in [5.74, 6) is 0. The first kappa shape index (κ1) is 19.6. The third kappa shape index (κ3) is 6.34. The maximum absolute atomic E-state index is 10.6. The Morgan fingerprint density at radius 1 is 1.08 bits per heavy atom. The van der Waals surface area contributed by atoms with Gasteiger partial charge in [0.2, 0.25) is 0 Å². The lowest BCUT2D eigenvalue weighted by Crippen LogP contribution is -2.04. The van der Waals surface area contributed by atoms with Gasteiger partial charge in [-0.25, -0.2) is 0 Å². The fourth-order valence-corrected chi connectivity index (χ4v) is 3.00. The van der Waals surface area contributed by atoms with Crippen molar-refractivity contribution in [3.63, 3.8) is 0 Å². The highest BCUT2D eigenvalue weighted by Crippen LogP contribution is 2.23. The Bertz CT molecular complexity index is 858. The highest BCUT2D eigenvalue weighted by atomic mass is 32.2. The molecule has 0 aromatic heterocycles. The quantitative estimate of drug-likeness (QED) is 0.434. The molecule has 2 aromatic carbocycles. The van der Waals surface area contributed by atoms with Crippen molar-refractivity contribution in [2.75, 3.05) is 0 Å². The topological polar surface area (TPSA) is 130 Å². The number of aryl methyl sites for hydroxylation is 1. The van der Waals surface area contributed by atoms with Gasteiger partial charge in [0.15, 0.2) is 0 Å². The number of nitrogens with two attached hydrogens (primary N) is 2. The summed E-state index contributed by atoms with van der Waals surface area (Å²) in [4.78, 5) is 0.943. The number of thioether (sulfide) groups is 1. The average Bonchev–Trinajstić information content (AvgIpc) is 2.55. The second-order valence-corrected chi connectivity index (χ2v) is 7.05. The number of hydrogen-bond acceptors (Lipinski definition) is 6. The Hall–Kier alpha value is -2.47. The zero-order chi connectivity index (χ0) is 18.2. The van der Waals surface area contributed by atoms with Gasteiger partial charge in [0.25, 0.3) is 10.1 Å². The van der Waals surface area contributed by atoms with E-state index >= 15 is 0 Å². The van der Waals surface area contributed by atoms with E-state index in [4.69, 9.17) is 21.3 Å². The van der Waals surface area contributed by atoms with Crippen molar-refractivity contribution in [3.8, 4) is 6.07 Å². The molecule has 0 saturated heterocycles. The first-order valence-corrected chi connectivity index (χ1v) is 8.92. The Kier molecular flexibility index (Phi) is 7.32. The molecule has 0 aliphatic carbocycles. The maximum Gasteiger partial charge on any atom is 0.294 e. The molecule has 0 amide bonds. The molecule has 0 radical (unpaired) electrons. The highest BCUT2D eigenvalue weighted by molar-refractivity contribution is 8.03. The molecule has 0 unspecified atom stereocenters. The first-order valence-electron chi connectivity index (χ1n) is 6.67. The van der Waals surface area contributed by atoms with Gasteiger partial charge < -0.3 is 11.5 Å². The normalized spacial score (nSPS) is 11.5. The SMILES string of the molecule is Cc1ccccc1S(=O)(=O)O.N#CC(N)=C(N)Sc1ccccc1.